The van der Waals surface area contributed by atoms with Gasteiger partial charge in [0, 0.05) is 11.6 Å². The predicted octanol–water partition coefficient (Wildman–Crippen LogP) is 3.30. The largest absolute Gasteiger partial charge is 0.486 e. The SMILES string of the molecule is Nc1cc(-c2ccccc2)nc(COc2ccccc2)n1. The number of para-hydroxylation sites is 1. The molecule has 0 spiro atoms. The first kappa shape index (κ1) is 13.1. The van der Waals surface area contributed by atoms with E-state index < -0.39 is 0 Å². The second-order valence-electron chi connectivity index (χ2n) is 4.56. The monoisotopic (exact) mass is 277 g/mol. The summed E-state index contributed by atoms with van der Waals surface area (Å²) in [7, 11) is 0. The van der Waals surface area contributed by atoms with Gasteiger partial charge < -0.3 is 10.5 Å². The average Bonchev–Trinajstić information content (AvgIpc) is 2.54. The average molecular weight is 277 g/mol. The van der Waals surface area contributed by atoms with Crippen LogP contribution in [0.1, 0.15) is 5.82 Å². The molecular weight excluding hydrogens is 262 g/mol. The van der Waals surface area contributed by atoms with Crippen molar-refractivity contribution in [2.24, 2.45) is 0 Å². The van der Waals surface area contributed by atoms with Gasteiger partial charge in [-0.1, -0.05) is 48.5 Å². The summed E-state index contributed by atoms with van der Waals surface area (Å²) in [6.07, 6.45) is 0. The van der Waals surface area contributed by atoms with Gasteiger partial charge in [-0.15, -0.1) is 0 Å². The second-order valence-corrected chi connectivity index (χ2v) is 4.56. The molecule has 0 bridgehead atoms. The molecule has 0 aliphatic rings. The third-order valence-corrected chi connectivity index (χ3v) is 2.97. The molecule has 0 radical (unpaired) electrons. The van der Waals surface area contributed by atoms with Crippen LogP contribution in [0.15, 0.2) is 66.7 Å². The fourth-order valence-corrected chi connectivity index (χ4v) is 2.00. The molecule has 4 heteroatoms. The number of hydrogen-bond acceptors (Lipinski definition) is 4. The Hall–Kier alpha value is -2.88. The number of benzene rings is 2. The van der Waals surface area contributed by atoms with Crippen molar-refractivity contribution in [2.45, 2.75) is 6.61 Å². The molecular formula is C17H15N3O. The molecule has 0 fully saturated rings. The van der Waals surface area contributed by atoms with Crippen LogP contribution in [0.5, 0.6) is 5.75 Å². The lowest BCUT2D eigenvalue weighted by atomic mass is 10.1. The molecule has 3 rings (SSSR count). The smallest absolute Gasteiger partial charge is 0.168 e. The van der Waals surface area contributed by atoms with Crippen molar-refractivity contribution >= 4 is 5.82 Å². The number of aromatic nitrogens is 2. The maximum absolute atomic E-state index is 5.86. The van der Waals surface area contributed by atoms with Crippen molar-refractivity contribution in [3.05, 3.63) is 72.6 Å². The van der Waals surface area contributed by atoms with Gasteiger partial charge in [0.15, 0.2) is 5.82 Å². The normalized spacial score (nSPS) is 10.3. The molecule has 1 heterocycles. The van der Waals surface area contributed by atoms with Gasteiger partial charge in [-0.3, -0.25) is 0 Å². The quantitative estimate of drug-likeness (QED) is 0.794. The van der Waals surface area contributed by atoms with Crippen LogP contribution in [0, 0.1) is 0 Å². The zero-order valence-electron chi connectivity index (χ0n) is 11.4. The zero-order chi connectivity index (χ0) is 14.5. The minimum Gasteiger partial charge on any atom is -0.486 e. The van der Waals surface area contributed by atoms with Crippen LogP contribution in [-0.4, -0.2) is 9.97 Å². The van der Waals surface area contributed by atoms with E-state index in [1.807, 2.05) is 60.7 Å². The van der Waals surface area contributed by atoms with Crippen LogP contribution in [0.3, 0.4) is 0 Å². The minimum atomic E-state index is 0.287. The van der Waals surface area contributed by atoms with E-state index in [4.69, 9.17) is 10.5 Å². The Morgan fingerprint density at radius 2 is 1.52 bits per heavy atom. The number of rotatable bonds is 4. The fraction of sp³-hybridized carbons (Fsp3) is 0.0588. The van der Waals surface area contributed by atoms with Crippen molar-refractivity contribution in [3.63, 3.8) is 0 Å². The standard InChI is InChI=1S/C17H15N3O/c18-16-11-15(13-7-3-1-4-8-13)19-17(20-16)12-21-14-9-5-2-6-10-14/h1-11H,12H2,(H2,18,19,20). The molecule has 3 aromatic rings. The van der Waals surface area contributed by atoms with Crippen LogP contribution < -0.4 is 10.5 Å². The van der Waals surface area contributed by atoms with Gasteiger partial charge in [-0.25, -0.2) is 9.97 Å². The van der Waals surface area contributed by atoms with Crippen LogP contribution in [0.25, 0.3) is 11.3 Å². The molecule has 0 unspecified atom stereocenters. The second kappa shape index (κ2) is 6.05. The van der Waals surface area contributed by atoms with Gasteiger partial charge in [0.2, 0.25) is 0 Å². The molecule has 0 amide bonds. The first-order chi connectivity index (χ1) is 10.3. The summed E-state index contributed by atoms with van der Waals surface area (Å²) in [5.74, 6) is 1.79. The molecule has 0 aliphatic carbocycles. The fourth-order valence-electron chi connectivity index (χ4n) is 2.00. The molecule has 1 aromatic heterocycles. The van der Waals surface area contributed by atoms with Crippen molar-refractivity contribution in [2.75, 3.05) is 5.73 Å². The van der Waals surface area contributed by atoms with Crippen LogP contribution >= 0.6 is 0 Å². The van der Waals surface area contributed by atoms with E-state index >= 15 is 0 Å². The predicted molar refractivity (Wildman–Crippen MR) is 82.7 cm³/mol. The summed E-state index contributed by atoms with van der Waals surface area (Å²) < 4.78 is 5.66. The molecule has 0 saturated heterocycles. The molecule has 2 aromatic carbocycles. The van der Waals surface area contributed by atoms with E-state index in [9.17, 15) is 0 Å². The minimum absolute atomic E-state index is 0.287. The summed E-state index contributed by atoms with van der Waals surface area (Å²) in [6.45, 7) is 0.287. The number of nitrogens with two attached hydrogens (primary N) is 1. The highest BCUT2D eigenvalue weighted by Gasteiger charge is 2.05. The highest BCUT2D eigenvalue weighted by atomic mass is 16.5. The first-order valence-electron chi connectivity index (χ1n) is 6.68. The Labute approximate surface area is 123 Å². The van der Waals surface area contributed by atoms with Gasteiger partial charge in [0.25, 0.3) is 0 Å². The Bertz CT molecular complexity index is 715. The molecule has 21 heavy (non-hydrogen) atoms. The zero-order valence-corrected chi connectivity index (χ0v) is 11.4. The lowest BCUT2D eigenvalue weighted by Crippen LogP contribution is -2.05. The molecule has 104 valence electrons. The van der Waals surface area contributed by atoms with Gasteiger partial charge in [-0.2, -0.15) is 0 Å². The van der Waals surface area contributed by atoms with Crippen molar-refractivity contribution in [1.82, 2.24) is 9.97 Å². The highest BCUT2D eigenvalue weighted by Crippen LogP contribution is 2.19. The maximum Gasteiger partial charge on any atom is 0.168 e. The van der Waals surface area contributed by atoms with Crippen molar-refractivity contribution in [1.29, 1.82) is 0 Å². The topological polar surface area (TPSA) is 61.0 Å². The summed E-state index contributed by atoms with van der Waals surface area (Å²) >= 11 is 0. The Kier molecular flexibility index (Phi) is 3.78. The van der Waals surface area contributed by atoms with Gasteiger partial charge in [0.1, 0.15) is 18.2 Å². The summed E-state index contributed by atoms with van der Waals surface area (Å²) in [5.41, 5.74) is 7.67. The number of ether oxygens (including phenoxy) is 1. The van der Waals surface area contributed by atoms with E-state index in [1.165, 1.54) is 0 Å². The van der Waals surface area contributed by atoms with Crippen LogP contribution in [-0.2, 0) is 6.61 Å². The summed E-state index contributed by atoms with van der Waals surface area (Å²) in [5, 5.41) is 0. The van der Waals surface area contributed by atoms with Crippen LogP contribution in [0.4, 0.5) is 5.82 Å². The Morgan fingerprint density at radius 3 is 2.24 bits per heavy atom. The lowest BCUT2D eigenvalue weighted by molar-refractivity contribution is 0.296. The Morgan fingerprint density at radius 1 is 0.857 bits per heavy atom. The molecule has 0 aliphatic heterocycles. The third kappa shape index (κ3) is 3.36. The summed E-state index contributed by atoms with van der Waals surface area (Å²) in [4.78, 5) is 8.72. The van der Waals surface area contributed by atoms with Gasteiger partial charge >= 0.3 is 0 Å². The third-order valence-electron chi connectivity index (χ3n) is 2.97. The van der Waals surface area contributed by atoms with E-state index in [0.29, 0.717) is 11.6 Å². The van der Waals surface area contributed by atoms with Crippen molar-refractivity contribution < 1.29 is 4.74 Å². The molecule has 2 N–H and O–H groups in total. The molecule has 0 atom stereocenters. The molecule has 0 saturated carbocycles. The van der Waals surface area contributed by atoms with E-state index in [2.05, 4.69) is 9.97 Å². The van der Waals surface area contributed by atoms with Gasteiger partial charge in [0.05, 0.1) is 5.69 Å². The van der Waals surface area contributed by atoms with Crippen molar-refractivity contribution in [3.8, 4) is 17.0 Å². The van der Waals surface area contributed by atoms with E-state index in [1.54, 1.807) is 6.07 Å². The molecule has 4 nitrogen and oxygen atoms in total. The Balaban J connectivity index is 1.82. The number of nitrogens with zero attached hydrogens (tertiary/aromatic N) is 2. The van der Waals surface area contributed by atoms with E-state index in [0.717, 1.165) is 17.0 Å². The number of anilines is 1. The van der Waals surface area contributed by atoms with E-state index in [-0.39, 0.29) is 6.61 Å². The first-order valence-corrected chi connectivity index (χ1v) is 6.68. The van der Waals surface area contributed by atoms with Gasteiger partial charge in [-0.05, 0) is 12.1 Å². The number of nitrogen functional groups attached to an aromatic ring is 1. The highest BCUT2D eigenvalue weighted by molar-refractivity contribution is 5.61. The van der Waals surface area contributed by atoms with Crippen LogP contribution in [0.2, 0.25) is 0 Å². The number of hydrogen-bond donors (Lipinski definition) is 1. The lowest BCUT2D eigenvalue weighted by Gasteiger charge is -2.08. The summed E-state index contributed by atoms with van der Waals surface area (Å²) in [6, 6.07) is 21.2. The maximum atomic E-state index is 5.86.